The van der Waals surface area contributed by atoms with Crippen LogP contribution in [-0.4, -0.2) is 28.5 Å². The highest BCUT2D eigenvalue weighted by molar-refractivity contribution is 5.95. The summed E-state index contributed by atoms with van der Waals surface area (Å²) in [6.45, 7) is 2.31. The summed E-state index contributed by atoms with van der Waals surface area (Å²) in [6, 6.07) is 0.0183. The van der Waals surface area contributed by atoms with Crippen molar-refractivity contribution in [2.45, 2.75) is 13.0 Å². The maximum Gasteiger partial charge on any atom is 0.271 e. The molecule has 1 atom stereocenters. The molecule has 5 N–H and O–H groups in total. The third-order valence-corrected chi connectivity index (χ3v) is 1.67. The average Bonchev–Trinajstić information content (AvgIpc) is 2.18. The summed E-state index contributed by atoms with van der Waals surface area (Å²) in [6.07, 6.45) is 2.90. The van der Waals surface area contributed by atoms with Crippen molar-refractivity contribution < 1.29 is 4.79 Å². The molecule has 0 bridgehead atoms. The zero-order valence-corrected chi connectivity index (χ0v) is 7.90. The highest BCUT2D eigenvalue weighted by Gasteiger charge is 2.11. The predicted molar refractivity (Wildman–Crippen MR) is 52.7 cm³/mol. The van der Waals surface area contributed by atoms with Gasteiger partial charge in [-0.25, -0.2) is 9.97 Å². The Bertz CT molecular complexity index is 327. The molecule has 1 amide bonds. The standard InChI is InChI=1S/C8H13N5O/c1-5(4-9)13-8-6(7(10)14)11-2-3-12-8/h2-3,5H,4,9H2,1H3,(H2,10,14)(H,12,13). The maximum atomic E-state index is 10.9. The zero-order chi connectivity index (χ0) is 10.6. The van der Waals surface area contributed by atoms with E-state index in [-0.39, 0.29) is 11.7 Å². The van der Waals surface area contributed by atoms with Gasteiger partial charge in [0.05, 0.1) is 0 Å². The second-order valence-electron chi connectivity index (χ2n) is 2.90. The second-order valence-corrected chi connectivity index (χ2v) is 2.90. The minimum Gasteiger partial charge on any atom is -0.364 e. The molecule has 1 aromatic rings. The van der Waals surface area contributed by atoms with Crippen LogP contribution in [-0.2, 0) is 0 Å². The molecule has 14 heavy (non-hydrogen) atoms. The zero-order valence-electron chi connectivity index (χ0n) is 7.90. The summed E-state index contributed by atoms with van der Waals surface area (Å²) in [5, 5.41) is 2.94. The fourth-order valence-electron chi connectivity index (χ4n) is 0.916. The topological polar surface area (TPSA) is 107 Å². The molecule has 0 spiro atoms. The first-order valence-electron chi connectivity index (χ1n) is 4.22. The Morgan fingerprint density at radius 2 is 2.21 bits per heavy atom. The SMILES string of the molecule is CC(CN)Nc1nccnc1C(N)=O. The normalized spacial score (nSPS) is 12.1. The van der Waals surface area contributed by atoms with Gasteiger partial charge in [-0.1, -0.05) is 0 Å². The van der Waals surface area contributed by atoms with Gasteiger partial charge in [-0.05, 0) is 6.92 Å². The van der Waals surface area contributed by atoms with Crippen LogP contribution in [0.4, 0.5) is 5.82 Å². The lowest BCUT2D eigenvalue weighted by atomic mass is 10.3. The van der Waals surface area contributed by atoms with Gasteiger partial charge in [-0.2, -0.15) is 0 Å². The summed E-state index contributed by atoms with van der Waals surface area (Å²) in [4.78, 5) is 18.7. The van der Waals surface area contributed by atoms with Crippen LogP contribution in [0.5, 0.6) is 0 Å². The molecule has 0 radical (unpaired) electrons. The molecule has 6 heteroatoms. The summed E-state index contributed by atoms with van der Waals surface area (Å²) in [5.74, 6) is -0.234. The molecule has 1 aromatic heterocycles. The van der Waals surface area contributed by atoms with Gasteiger partial charge in [0.15, 0.2) is 11.5 Å². The molecular weight excluding hydrogens is 182 g/mol. The molecule has 0 fully saturated rings. The van der Waals surface area contributed by atoms with E-state index < -0.39 is 5.91 Å². The van der Waals surface area contributed by atoms with E-state index >= 15 is 0 Å². The summed E-state index contributed by atoms with van der Waals surface area (Å²) < 4.78 is 0. The van der Waals surface area contributed by atoms with E-state index in [4.69, 9.17) is 11.5 Å². The molecule has 76 valence electrons. The smallest absolute Gasteiger partial charge is 0.271 e. The van der Waals surface area contributed by atoms with Crippen LogP contribution < -0.4 is 16.8 Å². The number of rotatable bonds is 4. The second kappa shape index (κ2) is 4.52. The Morgan fingerprint density at radius 3 is 2.79 bits per heavy atom. The van der Waals surface area contributed by atoms with Gasteiger partial charge in [-0.3, -0.25) is 4.79 Å². The maximum absolute atomic E-state index is 10.9. The number of hydrogen-bond acceptors (Lipinski definition) is 5. The predicted octanol–water partition coefficient (Wildman–Crippen LogP) is -0.665. The Kier molecular flexibility index (Phi) is 3.35. The van der Waals surface area contributed by atoms with Crippen molar-refractivity contribution in [3.05, 3.63) is 18.1 Å². The largest absolute Gasteiger partial charge is 0.364 e. The average molecular weight is 195 g/mol. The lowest BCUT2D eigenvalue weighted by Crippen LogP contribution is -2.28. The van der Waals surface area contributed by atoms with Crippen molar-refractivity contribution in [2.75, 3.05) is 11.9 Å². The fraction of sp³-hybridized carbons (Fsp3) is 0.375. The number of primary amides is 1. The first-order chi connectivity index (χ1) is 6.65. The monoisotopic (exact) mass is 195 g/mol. The number of nitrogens with two attached hydrogens (primary N) is 2. The number of nitrogens with one attached hydrogen (secondary N) is 1. The van der Waals surface area contributed by atoms with E-state index in [0.29, 0.717) is 12.4 Å². The van der Waals surface area contributed by atoms with Crippen LogP contribution in [0.2, 0.25) is 0 Å². The number of carbonyl (C=O) groups is 1. The third-order valence-electron chi connectivity index (χ3n) is 1.67. The highest BCUT2D eigenvalue weighted by atomic mass is 16.1. The van der Waals surface area contributed by atoms with Crippen LogP contribution >= 0.6 is 0 Å². The number of amides is 1. The Balaban J connectivity index is 2.90. The molecular formula is C8H13N5O. The van der Waals surface area contributed by atoms with Gasteiger partial charge in [0, 0.05) is 25.0 Å². The van der Waals surface area contributed by atoms with Crippen molar-refractivity contribution in [2.24, 2.45) is 11.5 Å². The Hall–Kier alpha value is -1.69. The van der Waals surface area contributed by atoms with Crippen molar-refractivity contribution in [1.82, 2.24) is 9.97 Å². The first kappa shape index (κ1) is 10.4. The molecule has 0 aromatic carbocycles. The van der Waals surface area contributed by atoms with Gasteiger partial charge in [0.1, 0.15) is 0 Å². The molecule has 0 aliphatic heterocycles. The summed E-state index contributed by atoms with van der Waals surface area (Å²) >= 11 is 0. The van der Waals surface area contributed by atoms with Crippen molar-refractivity contribution in [3.63, 3.8) is 0 Å². The first-order valence-corrected chi connectivity index (χ1v) is 4.22. The van der Waals surface area contributed by atoms with E-state index in [0.717, 1.165) is 0 Å². The highest BCUT2D eigenvalue weighted by Crippen LogP contribution is 2.08. The molecule has 6 nitrogen and oxygen atoms in total. The van der Waals surface area contributed by atoms with Crippen molar-refractivity contribution in [1.29, 1.82) is 0 Å². The van der Waals surface area contributed by atoms with Gasteiger partial charge in [-0.15, -0.1) is 0 Å². The van der Waals surface area contributed by atoms with E-state index in [9.17, 15) is 4.79 Å². The number of carbonyl (C=O) groups excluding carboxylic acids is 1. The van der Waals surface area contributed by atoms with Crippen molar-refractivity contribution in [3.8, 4) is 0 Å². The van der Waals surface area contributed by atoms with E-state index in [1.807, 2.05) is 6.92 Å². The minimum atomic E-state index is -0.607. The molecule has 1 unspecified atom stereocenters. The third kappa shape index (κ3) is 2.40. The van der Waals surface area contributed by atoms with Crippen LogP contribution in [0.1, 0.15) is 17.4 Å². The van der Waals surface area contributed by atoms with E-state index in [2.05, 4.69) is 15.3 Å². The Morgan fingerprint density at radius 1 is 1.57 bits per heavy atom. The fourth-order valence-corrected chi connectivity index (χ4v) is 0.916. The number of anilines is 1. The van der Waals surface area contributed by atoms with Gasteiger partial charge >= 0.3 is 0 Å². The van der Waals surface area contributed by atoms with E-state index in [1.165, 1.54) is 12.4 Å². The van der Waals surface area contributed by atoms with Gasteiger partial charge < -0.3 is 16.8 Å². The molecule has 0 saturated heterocycles. The van der Waals surface area contributed by atoms with Gasteiger partial charge in [0.25, 0.3) is 5.91 Å². The molecule has 0 saturated carbocycles. The van der Waals surface area contributed by atoms with Crippen LogP contribution in [0, 0.1) is 0 Å². The van der Waals surface area contributed by atoms with Crippen LogP contribution in [0.25, 0.3) is 0 Å². The molecule has 1 rings (SSSR count). The van der Waals surface area contributed by atoms with Crippen molar-refractivity contribution >= 4 is 11.7 Å². The van der Waals surface area contributed by atoms with E-state index in [1.54, 1.807) is 0 Å². The molecule has 0 aliphatic carbocycles. The number of nitrogens with zero attached hydrogens (tertiary/aromatic N) is 2. The lowest BCUT2D eigenvalue weighted by Gasteiger charge is -2.12. The van der Waals surface area contributed by atoms with Crippen LogP contribution in [0.15, 0.2) is 12.4 Å². The number of hydrogen-bond donors (Lipinski definition) is 3. The minimum absolute atomic E-state index is 0.0183. The lowest BCUT2D eigenvalue weighted by molar-refractivity contribution is 0.0996. The Labute approximate surface area is 81.7 Å². The number of aromatic nitrogens is 2. The summed E-state index contributed by atoms with van der Waals surface area (Å²) in [7, 11) is 0. The van der Waals surface area contributed by atoms with Crippen LogP contribution in [0.3, 0.4) is 0 Å². The molecule has 1 heterocycles. The quantitative estimate of drug-likeness (QED) is 0.591. The summed E-state index contributed by atoms with van der Waals surface area (Å²) in [5.41, 5.74) is 10.7. The molecule has 0 aliphatic rings. The van der Waals surface area contributed by atoms with Gasteiger partial charge in [0.2, 0.25) is 0 Å².